The third-order valence-electron chi connectivity index (χ3n) is 6.36. The Labute approximate surface area is 208 Å². The average Bonchev–Trinajstić information content (AvgIpc) is 3.23. The number of halogens is 2. The van der Waals surface area contributed by atoms with Crippen LogP contribution in [0.2, 0.25) is 0 Å². The maximum atomic E-state index is 12.8. The van der Waals surface area contributed by atoms with Crippen LogP contribution in [0.1, 0.15) is 45.1 Å². The lowest BCUT2D eigenvalue weighted by atomic mass is 9.84. The minimum atomic E-state index is -2.99. The highest BCUT2D eigenvalue weighted by molar-refractivity contribution is 5.97. The van der Waals surface area contributed by atoms with Crippen LogP contribution < -0.4 is 25.8 Å². The number of carbonyl (C=O) groups excluding carboxylic acids is 3. The molecule has 2 aliphatic rings. The predicted molar refractivity (Wildman–Crippen MR) is 128 cm³/mol. The minimum absolute atomic E-state index is 0.0663. The van der Waals surface area contributed by atoms with Crippen molar-refractivity contribution < 1.29 is 32.6 Å². The van der Waals surface area contributed by atoms with Crippen molar-refractivity contribution in [2.24, 2.45) is 5.73 Å². The van der Waals surface area contributed by atoms with Crippen molar-refractivity contribution in [2.75, 3.05) is 13.6 Å². The van der Waals surface area contributed by atoms with Gasteiger partial charge in [-0.2, -0.15) is 8.78 Å². The largest absolute Gasteiger partial charge is 0.487 e. The lowest BCUT2D eigenvalue weighted by Crippen LogP contribution is -2.56. The molecule has 11 heteroatoms. The Bertz CT molecular complexity index is 1070. The highest BCUT2D eigenvalue weighted by atomic mass is 19.3. The summed E-state index contributed by atoms with van der Waals surface area (Å²) in [7, 11) is 1.50. The van der Waals surface area contributed by atoms with Gasteiger partial charge in [0.25, 0.3) is 5.91 Å². The molecule has 3 atom stereocenters. The first-order valence-corrected chi connectivity index (χ1v) is 11.7. The van der Waals surface area contributed by atoms with Crippen molar-refractivity contribution in [2.45, 2.75) is 63.8 Å². The van der Waals surface area contributed by atoms with Crippen LogP contribution in [0.5, 0.6) is 11.5 Å². The molecule has 4 N–H and O–H groups in total. The zero-order valence-corrected chi connectivity index (χ0v) is 20.7. The molecule has 0 spiro atoms. The van der Waals surface area contributed by atoms with Crippen molar-refractivity contribution >= 4 is 17.7 Å². The first-order valence-electron chi connectivity index (χ1n) is 11.7. The van der Waals surface area contributed by atoms with Crippen molar-refractivity contribution in [1.82, 2.24) is 15.5 Å². The summed E-state index contributed by atoms with van der Waals surface area (Å²) in [4.78, 5) is 38.6. The molecule has 0 bridgehead atoms. The van der Waals surface area contributed by atoms with E-state index in [-0.39, 0.29) is 47.8 Å². The van der Waals surface area contributed by atoms with E-state index in [9.17, 15) is 23.2 Å². The summed E-state index contributed by atoms with van der Waals surface area (Å²) in [5, 5.41) is 5.48. The Balaban J connectivity index is 1.86. The second-order valence-corrected chi connectivity index (χ2v) is 9.21. The number of rotatable bonds is 9. The molecule has 2 heterocycles. The van der Waals surface area contributed by atoms with Gasteiger partial charge in [-0.15, -0.1) is 0 Å². The van der Waals surface area contributed by atoms with Gasteiger partial charge in [-0.3, -0.25) is 14.4 Å². The Morgan fingerprint density at radius 3 is 2.50 bits per heavy atom. The van der Waals surface area contributed by atoms with Crippen molar-refractivity contribution in [1.29, 1.82) is 0 Å². The maximum absolute atomic E-state index is 12.8. The van der Waals surface area contributed by atoms with Crippen LogP contribution >= 0.6 is 0 Å². The number of benzene rings is 1. The van der Waals surface area contributed by atoms with E-state index >= 15 is 0 Å². The van der Waals surface area contributed by atoms with Crippen LogP contribution in [0.15, 0.2) is 42.1 Å². The van der Waals surface area contributed by atoms with E-state index < -0.39 is 18.1 Å². The first kappa shape index (κ1) is 27.0. The molecule has 0 aliphatic carbocycles. The van der Waals surface area contributed by atoms with Crippen molar-refractivity contribution in [3.05, 3.63) is 47.7 Å². The number of amides is 3. The molecule has 2 aliphatic heterocycles. The number of dihydropyridines is 1. The summed E-state index contributed by atoms with van der Waals surface area (Å²) in [6, 6.07) is 4.42. The monoisotopic (exact) mass is 506 g/mol. The average molecular weight is 507 g/mol. The Kier molecular flexibility index (Phi) is 8.21. The Morgan fingerprint density at radius 2 is 1.97 bits per heavy atom. The van der Waals surface area contributed by atoms with Crippen LogP contribution in [-0.2, 0) is 14.4 Å². The van der Waals surface area contributed by atoms with Gasteiger partial charge >= 0.3 is 6.61 Å². The number of hydrogen-bond acceptors (Lipinski definition) is 6. The number of primary amides is 1. The number of alkyl halides is 2. The van der Waals surface area contributed by atoms with Crippen molar-refractivity contribution in [3.8, 4) is 11.5 Å². The minimum Gasteiger partial charge on any atom is -0.487 e. The highest BCUT2D eigenvalue weighted by Gasteiger charge is 2.43. The molecule has 1 unspecified atom stereocenters. The van der Waals surface area contributed by atoms with Gasteiger partial charge < -0.3 is 30.7 Å². The van der Waals surface area contributed by atoms with Gasteiger partial charge in [-0.25, -0.2) is 0 Å². The van der Waals surface area contributed by atoms with E-state index in [1.165, 1.54) is 32.3 Å². The molecule has 0 aromatic heterocycles. The molecule has 0 radical (unpaired) electrons. The van der Waals surface area contributed by atoms with Crippen molar-refractivity contribution in [3.63, 3.8) is 0 Å². The molecule has 196 valence electrons. The van der Waals surface area contributed by atoms with Gasteiger partial charge in [0, 0.05) is 45.1 Å². The highest BCUT2D eigenvalue weighted by Crippen LogP contribution is 2.40. The molecule has 3 amide bonds. The fraction of sp³-hybridized carbons (Fsp3) is 0.480. The standard InChI is InChI=1S/C25H32F2N4O5/c1-14(2)35-21-10-16(5-6-20(21)36-24(26)27)18-9-19(31(13-18)15(3)32)11-25(23(28)34)8-7-17(12-30-25)22(33)29-4/h5-8,10,12,14,18-19,24,30H,9,11,13H2,1-4H3,(H2,28,34)(H,29,33)/t18-,19-,25?/m1/s1. The van der Waals surface area contributed by atoms with Crippen LogP contribution in [0.4, 0.5) is 8.78 Å². The molecule has 1 aromatic rings. The summed E-state index contributed by atoms with van der Waals surface area (Å²) in [6.07, 6.45) is 4.95. The summed E-state index contributed by atoms with van der Waals surface area (Å²) in [5.41, 5.74) is 5.59. The van der Waals surface area contributed by atoms with Gasteiger partial charge in [0.15, 0.2) is 11.5 Å². The zero-order chi connectivity index (χ0) is 26.6. The molecule has 1 aromatic carbocycles. The number of likely N-dealkylation sites (tertiary alicyclic amines) is 1. The number of ether oxygens (including phenoxy) is 2. The molecule has 36 heavy (non-hydrogen) atoms. The molecular formula is C25H32F2N4O5. The van der Waals surface area contributed by atoms with Gasteiger partial charge in [-0.1, -0.05) is 6.07 Å². The number of nitrogens with zero attached hydrogens (tertiary/aromatic N) is 1. The second-order valence-electron chi connectivity index (χ2n) is 9.21. The van der Waals surface area contributed by atoms with E-state index in [1.807, 2.05) is 0 Å². The lowest BCUT2D eigenvalue weighted by molar-refractivity contribution is -0.131. The van der Waals surface area contributed by atoms with E-state index in [0.717, 1.165) is 5.56 Å². The van der Waals surface area contributed by atoms with E-state index in [1.54, 1.807) is 37.0 Å². The Hall–Kier alpha value is -3.63. The summed E-state index contributed by atoms with van der Waals surface area (Å²) >= 11 is 0. The molecule has 3 rings (SSSR count). The number of carbonyl (C=O) groups is 3. The van der Waals surface area contributed by atoms with Crippen LogP contribution in [-0.4, -0.2) is 60.5 Å². The smallest absolute Gasteiger partial charge is 0.387 e. The van der Waals surface area contributed by atoms with Gasteiger partial charge in [-0.05, 0) is 50.1 Å². The van der Waals surface area contributed by atoms with E-state index in [4.69, 9.17) is 10.5 Å². The zero-order valence-electron chi connectivity index (χ0n) is 20.7. The van der Waals surface area contributed by atoms with E-state index in [0.29, 0.717) is 18.5 Å². The number of likely N-dealkylation sites (N-methyl/N-ethyl adjacent to an activating group) is 1. The molecule has 1 saturated heterocycles. The third kappa shape index (κ3) is 5.95. The summed E-state index contributed by atoms with van der Waals surface area (Å²) < 4.78 is 36.0. The quantitative estimate of drug-likeness (QED) is 0.472. The fourth-order valence-electron chi connectivity index (χ4n) is 4.63. The lowest BCUT2D eigenvalue weighted by Gasteiger charge is -2.35. The Morgan fingerprint density at radius 1 is 1.25 bits per heavy atom. The first-order chi connectivity index (χ1) is 17.0. The normalized spacial score (nSPS) is 23.3. The second kappa shape index (κ2) is 11.0. The molecule has 9 nitrogen and oxygen atoms in total. The van der Waals surface area contributed by atoms with Crippen LogP contribution in [0.3, 0.4) is 0 Å². The van der Waals surface area contributed by atoms with Crippen LogP contribution in [0, 0.1) is 0 Å². The predicted octanol–water partition coefficient (Wildman–Crippen LogP) is 2.18. The van der Waals surface area contributed by atoms with Gasteiger partial charge in [0.1, 0.15) is 5.54 Å². The fourth-order valence-corrected chi connectivity index (χ4v) is 4.63. The number of hydrogen-bond donors (Lipinski definition) is 3. The SMILES string of the molecule is CNC(=O)C1=CNC(C[C@H]2C[C@@H](c3ccc(OC(F)F)c(OC(C)C)c3)CN2C(C)=O)(C(N)=O)C=C1. The topological polar surface area (TPSA) is 123 Å². The van der Waals surface area contributed by atoms with E-state index in [2.05, 4.69) is 15.4 Å². The third-order valence-corrected chi connectivity index (χ3v) is 6.36. The van der Waals surface area contributed by atoms with Gasteiger partial charge in [0.2, 0.25) is 11.8 Å². The molecule has 1 fully saturated rings. The number of nitrogens with two attached hydrogens (primary N) is 1. The maximum Gasteiger partial charge on any atom is 0.387 e. The molecular weight excluding hydrogens is 474 g/mol. The summed E-state index contributed by atoms with van der Waals surface area (Å²) in [6.45, 7) is 2.38. The van der Waals surface area contributed by atoms with Crippen LogP contribution in [0.25, 0.3) is 0 Å². The molecule has 0 saturated carbocycles. The number of nitrogens with one attached hydrogen (secondary N) is 2. The van der Waals surface area contributed by atoms with Gasteiger partial charge in [0.05, 0.1) is 11.7 Å². The summed E-state index contributed by atoms with van der Waals surface area (Å²) in [5.74, 6) is -1.13.